The van der Waals surface area contributed by atoms with Gasteiger partial charge >= 0.3 is 0 Å². The quantitative estimate of drug-likeness (QED) is 0.445. The van der Waals surface area contributed by atoms with Crippen LogP contribution in [0.5, 0.6) is 0 Å². The lowest BCUT2D eigenvalue weighted by Crippen LogP contribution is -2.02. The minimum absolute atomic E-state index is 0.347. The summed E-state index contributed by atoms with van der Waals surface area (Å²) in [6.45, 7) is 0. The molecule has 0 spiro atoms. The van der Waals surface area contributed by atoms with Crippen molar-refractivity contribution in [2.45, 2.75) is 12.8 Å². The van der Waals surface area contributed by atoms with Gasteiger partial charge in [0.2, 0.25) is 0 Å². The zero-order valence-electron chi connectivity index (χ0n) is 5.25. The Hall–Kier alpha value is -0.770. The van der Waals surface area contributed by atoms with Crippen molar-refractivity contribution in [3.05, 3.63) is 12.2 Å². The molecule has 0 aromatic carbocycles. The van der Waals surface area contributed by atoms with E-state index in [1.54, 1.807) is 0 Å². The molecule has 46 valence electrons. The topological polar surface area (TPSA) is 23.8 Å². The van der Waals surface area contributed by atoms with Crippen molar-refractivity contribution in [1.82, 2.24) is 0 Å². The maximum Gasteiger partial charge on any atom is 0.0662 e. The lowest BCUT2D eigenvalue weighted by molar-refractivity contribution is 0.563. The third-order valence-corrected chi connectivity index (χ3v) is 2.44. The van der Waals surface area contributed by atoms with Crippen LogP contribution in [0.1, 0.15) is 12.8 Å². The van der Waals surface area contributed by atoms with E-state index in [0.717, 1.165) is 12.3 Å². The van der Waals surface area contributed by atoms with E-state index in [0.29, 0.717) is 11.8 Å². The van der Waals surface area contributed by atoms with Crippen molar-refractivity contribution in [2.24, 2.45) is 17.8 Å². The van der Waals surface area contributed by atoms with Crippen LogP contribution in [0.25, 0.3) is 0 Å². The van der Waals surface area contributed by atoms with E-state index in [2.05, 4.69) is 18.2 Å². The highest BCUT2D eigenvalue weighted by Crippen LogP contribution is 2.42. The van der Waals surface area contributed by atoms with Gasteiger partial charge in [0.25, 0.3) is 0 Å². The lowest BCUT2D eigenvalue weighted by Gasteiger charge is -2.06. The van der Waals surface area contributed by atoms with E-state index in [1.807, 2.05) is 0 Å². The Morgan fingerprint density at radius 3 is 2.56 bits per heavy atom. The van der Waals surface area contributed by atoms with Crippen molar-refractivity contribution in [1.29, 1.82) is 5.26 Å². The fourth-order valence-corrected chi connectivity index (χ4v) is 1.93. The molecule has 0 N–H and O–H groups in total. The Labute approximate surface area is 55.0 Å². The van der Waals surface area contributed by atoms with Gasteiger partial charge in [0.1, 0.15) is 0 Å². The molecule has 0 saturated heterocycles. The smallest absolute Gasteiger partial charge is 0.0662 e. The van der Waals surface area contributed by atoms with Gasteiger partial charge in [-0.25, -0.2) is 0 Å². The first-order chi connectivity index (χ1) is 4.40. The molecule has 0 heterocycles. The van der Waals surface area contributed by atoms with Crippen LogP contribution in [0.4, 0.5) is 0 Å². The molecule has 0 aromatic rings. The van der Waals surface area contributed by atoms with E-state index in [4.69, 9.17) is 5.26 Å². The number of hydrogen-bond acceptors (Lipinski definition) is 1. The molecule has 1 nitrogen and oxygen atoms in total. The van der Waals surface area contributed by atoms with Crippen molar-refractivity contribution in [2.75, 3.05) is 0 Å². The van der Waals surface area contributed by atoms with Gasteiger partial charge < -0.3 is 0 Å². The lowest BCUT2D eigenvalue weighted by atomic mass is 9.95. The van der Waals surface area contributed by atoms with Gasteiger partial charge in [0, 0.05) is 0 Å². The van der Waals surface area contributed by atoms with Crippen molar-refractivity contribution >= 4 is 0 Å². The van der Waals surface area contributed by atoms with E-state index in [1.165, 1.54) is 6.42 Å². The van der Waals surface area contributed by atoms with Crippen LogP contribution in [-0.2, 0) is 0 Å². The van der Waals surface area contributed by atoms with Gasteiger partial charge in [-0.05, 0) is 24.7 Å². The zero-order chi connectivity index (χ0) is 6.27. The molecular formula is C8H9N. The fraction of sp³-hybridized carbons (Fsp3) is 0.625. The molecule has 2 unspecified atom stereocenters. The van der Waals surface area contributed by atoms with Gasteiger partial charge in [0.15, 0.2) is 0 Å². The van der Waals surface area contributed by atoms with Crippen LogP contribution >= 0.6 is 0 Å². The maximum atomic E-state index is 8.60. The first kappa shape index (κ1) is 5.05. The second-order valence-corrected chi connectivity index (χ2v) is 3.02. The molecule has 0 amide bonds. The Morgan fingerprint density at radius 2 is 2.22 bits per heavy atom. The van der Waals surface area contributed by atoms with Crippen LogP contribution in [-0.4, -0.2) is 0 Å². The summed E-state index contributed by atoms with van der Waals surface area (Å²) in [4.78, 5) is 0. The second-order valence-electron chi connectivity index (χ2n) is 3.02. The van der Waals surface area contributed by atoms with Crippen molar-refractivity contribution in [3.63, 3.8) is 0 Å². The molecular weight excluding hydrogens is 110 g/mol. The van der Waals surface area contributed by atoms with Crippen LogP contribution in [0.2, 0.25) is 0 Å². The molecule has 1 heteroatoms. The maximum absolute atomic E-state index is 8.60. The van der Waals surface area contributed by atoms with Crippen LogP contribution in [0.15, 0.2) is 12.2 Å². The monoisotopic (exact) mass is 119 g/mol. The molecule has 1 saturated carbocycles. The first-order valence-corrected chi connectivity index (χ1v) is 3.48. The number of fused-ring (bicyclic) bond motifs is 2. The predicted molar refractivity (Wildman–Crippen MR) is 34.5 cm³/mol. The number of nitriles is 1. The standard InChI is InChI=1S/C8H9N/c9-5-8-4-6-1-2-7(8)3-6/h1-2,6-8H,3-4H2/t6?,7?,8-/m1/s1. The number of hydrogen-bond donors (Lipinski definition) is 0. The zero-order valence-corrected chi connectivity index (χ0v) is 5.25. The third-order valence-electron chi connectivity index (χ3n) is 2.44. The van der Waals surface area contributed by atoms with Gasteiger partial charge in [-0.3, -0.25) is 0 Å². The highest BCUT2D eigenvalue weighted by Gasteiger charge is 2.35. The Morgan fingerprint density at radius 1 is 1.33 bits per heavy atom. The summed E-state index contributed by atoms with van der Waals surface area (Å²) in [5.41, 5.74) is 0. The molecule has 1 fully saturated rings. The Bertz CT molecular complexity index is 187. The van der Waals surface area contributed by atoms with Gasteiger partial charge in [0.05, 0.1) is 12.0 Å². The van der Waals surface area contributed by atoms with Gasteiger partial charge in [-0.1, -0.05) is 12.2 Å². The summed E-state index contributed by atoms with van der Waals surface area (Å²) in [6, 6.07) is 2.34. The Kier molecular flexibility index (Phi) is 0.900. The highest BCUT2D eigenvalue weighted by atomic mass is 14.4. The molecule has 2 bridgehead atoms. The van der Waals surface area contributed by atoms with Gasteiger partial charge in [-0.15, -0.1) is 0 Å². The van der Waals surface area contributed by atoms with E-state index in [-0.39, 0.29) is 0 Å². The highest BCUT2D eigenvalue weighted by molar-refractivity contribution is 5.14. The van der Waals surface area contributed by atoms with Crippen LogP contribution in [0, 0.1) is 29.1 Å². The minimum atomic E-state index is 0.347. The minimum Gasteiger partial charge on any atom is -0.198 e. The second kappa shape index (κ2) is 1.60. The van der Waals surface area contributed by atoms with Crippen LogP contribution < -0.4 is 0 Å². The molecule has 0 aromatic heterocycles. The fourth-order valence-electron chi connectivity index (χ4n) is 1.93. The number of nitrogens with zero attached hydrogens (tertiary/aromatic N) is 1. The summed E-state index contributed by atoms with van der Waals surface area (Å²) < 4.78 is 0. The molecule has 3 atom stereocenters. The van der Waals surface area contributed by atoms with Crippen molar-refractivity contribution < 1.29 is 0 Å². The first-order valence-electron chi connectivity index (χ1n) is 3.48. The van der Waals surface area contributed by atoms with E-state index < -0.39 is 0 Å². The average molecular weight is 119 g/mol. The molecule has 2 rings (SSSR count). The molecule has 0 aliphatic heterocycles. The Balaban J connectivity index is 2.22. The average Bonchev–Trinajstić information content (AvgIpc) is 2.45. The normalized spacial score (nSPS) is 45.4. The molecule has 0 radical (unpaired) electrons. The molecule has 2 aliphatic carbocycles. The number of allylic oxidation sites excluding steroid dienone is 2. The largest absolute Gasteiger partial charge is 0.198 e. The third kappa shape index (κ3) is 0.595. The summed E-state index contributed by atoms with van der Waals surface area (Å²) >= 11 is 0. The summed E-state index contributed by atoms with van der Waals surface area (Å²) in [5.74, 6) is 1.71. The van der Waals surface area contributed by atoms with Crippen molar-refractivity contribution in [3.8, 4) is 6.07 Å². The SMILES string of the molecule is N#C[C@H]1CC2C=CC1C2. The summed E-state index contributed by atoms with van der Waals surface area (Å²) in [6.07, 6.45) is 6.84. The van der Waals surface area contributed by atoms with Gasteiger partial charge in [-0.2, -0.15) is 5.26 Å². The predicted octanol–water partition coefficient (Wildman–Crippen LogP) is 1.72. The summed E-state index contributed by atoms with van der Waals surface area (Å²) in [7, 11) is 0. The van der Waals surface area contributed by atoms with Crippen LogP contribution in [0.3, 0.4) is 0 Å². The molecule has 2 aliphatic rings. The number of rotatable bonds is 0. The summed E-state index contributed by atoms with van der Waals surface area (Å²) in [5, 5.41) is 8.60. The van der Waals surface area contributed by atoms with E-state index in [9.17, 15) is 0 Å². The molecule has 9 heavy (non-hydrogen) atoms. The van der Waals surface area contributed by atoms with E-state index >= 15 is 0 Å².